The molecule has 1 fully saturated rings. The molecule has 0 N–H and O–H groups in total. The second-order valence-corrected chi connectivity index (χ2v) is 16.8. The number of nitro groups is 1. The fourth-order valence-corrected chi connectivity index (χ4v) is 7.51. The second-order valence-electron chi connectivity index (χ2n) is 10.3. The van der Waals surface area contributed by atoms with Gasteiger partial charge in [0.15, 0.2) is 13.2 Å². The number of sulfonamides is 1. The van der Waals surface area contributed by atoms with Crippen molar-refractivity contribution in [3.63, 3.8) is 0 Å². The molecule has 1 aliphatic heterocycles. The third kappa shape index (κ3) is 5.17. The van der Waals surface area contributed by atoms with Crippen LogP contribution in [0.4, 0.5) is 5.69 Å². The van der Waals surface area contributed by atoms with E-state index in [4.69, 9.17) is 4.43 Å². The van der Waals surface area contributed by atoms with Gasteiger partial charge in [0.1, 0.15) is 0 Å². The minimum atomic E-state index is -4.21. The third-order valence-corrected chi connectivity index (χ3v) is 13.5. The third-order valence-electron chi connectivity index (χ3n) is 6.99. The highest BCUT2D eigenvalue weighted by Crippen LogP contribution is 2.43. The summed E-state index contributed by atoms with van der Waals surface area (Å²) < 4.78 is 36.1. The maximum atomic E-state index is 14.0. The van der Waals surface area contributed by atoms with Crippen molar-refractivity contribution in [2.75, 3.05) is 0 Å². The lowest BCUT2D eigenvalue weighted by Crippen LogP contribution is -2.49. The first kappa shape index (κ1) is 26.3. The van der Waals surface area contributed by atoms with Crippen LogP contribution in [0.5, 0.6) is 0 Å². The van der Waals surface area contributed by atoms with Gasteiger partial charge in [-0.3, -0.25) is 10.1 Å². The first-order valence-electron chi connectivity index (χ1n) is 11.4. The Kier molecular flexibility index (Phi) is 7.52. The predicted octanol–water partition coefficient (Wildman–Crippen LogP) is 5.55. The number of nitrogens with zero attached hydrogens (tertiary/aromatic N) is 2. The number of benzene rings is 2. The average molecular weight is 503 g/mol. The molecule has 1 heterocycles. The molecule has 0 aliphatic carbocycles. The molecule has 0 unspecified atom stereocenters. The number of nitro benzene ring substituents is 1. The molecule has 0 amide bonds. The van der Waals surface area contributed by atoms with Crippen LogP contribution in [0.25, 0.3) is 0 Å². The fraction of sp³-hybridized carbons (Fsp3) is 0.440. The van der Waals surface area contributed by atoms with E-state index in [1.54, 1.807) is 6.08 Å². The molecule has 0 spiro atoms. The Labute approximate surface area is 203 Å². The zero-order valence-electron chi connectivity index (χ0n) is 20.5. The summed E-state index contributed by atoms with van der Waals surface area (Å²) in [6.45, 7) is 14.6. The summed E-state index contributed by atoms with van der Waals surface area (Å²) in [5.74, 6) is 0. The summed E-state index contributed by atoms with van der Waals surface area (Å²) in [5.41, 5.74) is 0.543. The Morgan fingerprint density at radius 3 is 2.29 bits per heavy atom. The highest BCUT2D eigenvalue weighted by atomic mass is 32.2. The van der Waals surface area contributed by atoms with Gasteiger partial charge in [-0.15, -0.1) is 6.58 Å². The summed E-state index contributed by atoms with van der Waals surface area (Å²) in [4.78, 5) is 10.7. The normalized spacial score (nSPS) is 22.0. The molecular weight excluding hydrogens is 468 g/mol. The highest BCUT2D eigenvalue weighted by molar-refractivity contribution is 7.89. The fourth-order valence-electron chi connectivity index (χ4n) is 4.16. The van der Waals surface area contributed by atoms with Gasteiger partial charge in [-0.2, -0.15) is 4.31 Å². The molecular formula is C25H34N2O5SSi. The van der Waals surface area contributed by atoms with Crippen LogP contribution < -0.4 is 0 Å². The Balaban J connectivity index is 2.12. The van der Waals surface area contributed by atoms with Crippen molar-refractivity contribution in [2.24, 2.45) is 0 Å². The molecule has 0 aromatic heterocycles. The minimum absolute atomic E-state index is 0.0571. The topological polar surface area (TPSA) is 89.8 Å². The molecule has 0 radical (unpaired) electrons. The van der Waals surface area contributed by atoms with Gasteiger partial charge >= 0.3 is 0 Å². The lowest BCUT2D eigenvalue weighted by Gasteiger charge is -2.40. The summed E-state index contributed by atoms with van der Waals surface area (Å²) in [7, 11) is -6.45. The van der Waals surface area contributed by atoms with Crippen molar-refractivity contribution in [1.29, 1.82) is 0 Å². The molecule has 9 heteroatoms. The SMILES string of the molecule is C=C[C@@H]1C[C@H](O[Si](C)(C)C(C)(C)C)[C@H](Cc2ccccc2)N1S(=O)(=O)c1ccccc1[N+](=O)[O-]. The van der Waals surface area contributed by atoms with Gasteiger partial charge in [0, 0.05) is 12.1 Å². The van der Waals surface area contributed by atoms with Gasteiger partial charge < -0.3 is 4.43 Å². The van der Waals surface area contributed by atoms with E-state index in [9.17, 15) is 18.5 Å². The van der Waals surface area contributed by atoms with E-state index in [0.717, 1.165) is 5.56 Å². The molecule has 0 bridgehead atoms. The van der Waals surface area contributed by atoms with Gasteiger partial charge in [0.25, 0.3) is 15.7 Å². The van der Waals surface area contributed by atoms with E-state index >= 15 is 0 Å². The largest absolute Gasteiger partial charge is 0.412 e. The zero-order chi connectivity index (χ0) is 25.3. The average Bonchev–Trinajstić information content (AvgIpc) is 3.10. The van der Waals surface area contributed by atoms with Gasteiger partial charge in [0.05, 0.1) is 17.1 Å². The molecule has 1 saturated heterocycles. The van der Waals surface area contributed by atoms with Crippen LogP contribution in [0.15, 0.2) is 72.1 Å². The van der Waals surface area contributed by atoms with E-state index in [2.05, 4.69) is 40.4 Å². The molecule has 1 aliphatic rings. The van der Waals surface area contributed by atoms with Crippen LogP contribution in [-0.4, -0.2) is 44.2 Å². The maximum absolute atomic E-state index is 14.0. The van der Waals surface area contributed by atoms with E-state index < -0.39 is 41.0 Å². The Morgan fingerprint density at radius 1 is 1.15 bits per heavy atom. The van der Waals surface area contributed by atoms with E-state index in [1.807, 2.05) is 30.3 Å². The Hall–Kier alpha value is -2.33. The van der Waals surface area contributed by atoms with Crippen molar-refractivity contribution in [3.8, 4) is 0 Å². The van der Waals surface area contributed by atoms with Gasteiger partial charge in [-0.1, -0.05) is 69.3 Å². The molecule has 34 heavy (non-hydrogen) atoms. The quantitative estimate of drug-likeness (QED) is 0.204. The number of hydrogen-bond donors (Lipinski definition) is 0. The van der Waals surface area contributed by atoms with Gasteiger partial charge in [-0.05, 0) is 42.6 Å². The zero-order valence-corrected chi connectivity index (χ0v) is 22.3. The smallest absolute Gasteiger partial charge is 0.289 e. The highest BCUT2D eigenvalue weighted by Gasteiger charge is 2.51. The molecule has 0 saturated carbocycles. The molecule has 3 rings (SSSR count). The standard InChI is InChI=1S/C25H34N2O5SSi/c1-7-20-18-23(32-34(5,6)25(2,3)4)22(17-19-13-9-8-10-14-19)26(20)33(30,31)24-16-12-11-15-21(24)27(28)29/h7-16,20,22-23H,1,17-18H2,2-6H3/t20-,22+,23+/m1/s1. The second kappa shape index (κ2) is 9.73. The monoisotopic (exact) mass is 502 g/mol. The maximum Gasteiger partial charge on any atom is 0.289 e. The molecule has 2 aromatic rings. The number of hydrogen-bond acceptors (Lipinski definition) is 5. The van der Waals surface area contributed by atoms with Crippen LogP contribution in [0.3, 0.4) is 0 Å². The van der Waals surface area contributed by atoms with Crippen molar-refractivity contribution in [3.05, 3.63) is 82.9 Å². The first-order chi connectivity index (χ1) is 15.8. The number of para-hydroxylation sites is 1. The van der Waals surface area contributed by atoms with E-state index in [-0.39, 0.29) is 16.0 Å². The van der Waals surface area contributed by atoms with Crippen molar-refractivity contribution in [1.82, 2.24) is 4.31 Å². The van der Waals surface area contributed by atoms with Crippen LogP contribution in [0, 0.1) is 10.1 Å². The number of rotatable bonds is 8. The first-order valence-corrected chi connectivity index (χ1v) is 15.8. The van der Waals surface area contributed by atoms with Crippen LogP contribution >= 0.6 is 0 Å². The van der Waals surface area contributed by atoms with Crippen molar-refractivity contribution < 1.29 is 17.8 Å². The van der Waals surface area contributed by atoms with E-state index in [0.29, 0.717) is 12.8 Å². The predicted molar refractivity (Wildman–Crippen MR) is 137 cm³/mol. The summed E-state index contributed by atoms with van der Waals surface area (Å²) >= 11 is 0. The van der Waals surface area contributed by atoms with Crippen molar-refractivity contribution >= 4 is 24.0 Å². The van der Waals surface area contributed by atoms with Crippen LogP contribution in [0.2, 0.25) is 18.1 Å². The van der Waals surface area contributed by atoms with E-state index in [1.165, 1.54) is 28.6 Å². The minimum Gasteiger partial charge on any atom is -0.412 e. The molecule has 3 atom stereocenters. The Bertz CT molecular complexity index is 1150. The van der Waals surface area contributed by atoms with Gasteiger partial charge in [-0.25, -0.2) is 8.42 Å². The van der Waals surface area contributed by atoms with Crippen LogP contribution in [0.1, 0.15) is 32.8 Å². The molecule has 7 nitrogen and oxygen atoms in total. The van der Waals surface area contributed by atoms with Crippen LogP contribution in [-0.2, 0) is 20.9 Å². The lowest BCUT2D eigenvalue weighted by atomic mass is 10.0. The summed E-state index contributed by atoms with van der Waals surface area (Å²) in [6, 6.07) is 14.1. The van der Waals surface area contributed by atoms with Crippen molar-refractivity contribution in [2.45, 2.75) is 74.8 Å². The molecule has 2 aromatic carbocycles. The summed E-state index contributed by atoms with van der Waals surface area (Å²) in [5, 5.41) is 11.6. The lowest BCUT2D eigenvalue weighted by molar-refractivity contribution is -0.387. The molecule has 184 valence electrons. The van der Waals surface area contributed by atoms with Gasteiger partial charge in [0.2, 0.25) is 0 Å². The summed E-state index contributed by atoms with van der Waals surface area (Å²) in [6.07, 6.45) is 2.14. The Morgan fingerprint density at radius 2 is 1.74 bits per heavy atom.